The summed E-state index contributed by atoms with van der Waals surface area (Å²) in [5.41, 5.74) is 2.39. The van der Waals surface area contributed by atoms with Crippen molar-refractivity contribution >= 4 is 23.0 Å². The van der Waals surface area contributed by atoms with Crippen molar-refractivity contribution in [2.45, 2.75) is 25.8 Å². The molecule has 1 aliphatic heterocycles. The van der Waals surface area contributed by atoms with Crippen molar-refractivity contribution in [2.75, 3.05) is 18.0 Å². The van der Waals surface area contributed by atoms with Crippen LogP contribution in [0.1, 0.15) is 29.0 Å². The molecule has 0 bridgehead atoms. The lowest BCUT2D eigenvalue weighted by Crippen LogP contribution is -2.48. The standard InChI is InChI=1S/C18H20FN5O2/c1-11-8-15(22-23(11)2)17(25)20-13-4-3-7-24(10-13)18-21-14-6-5-12(19)9-16(14)26-18/h5-6,8-9,13H,3-4,7,10H2,1-2H3,(H,20,25). The first-order chi connectivity index (χ1) is 12.5. The highest BCUT2D eigenvalue weighted by molar-refractivity contribution is 5.92. The third kappa shape index (κ3) is 3.14. The number of benzene rings is 1. The van der Waals surface area contributed by atoms with Gasteiger partial charge in [-0.3, -0.25) is 9.48 Å². The maximum Gasteiger partial charge on any atom is 0.298 e. The fourth-order valence-electron chi connectivity index (χ4n) is 3.22. The van der Waals surface area contributed by atoms with Gasteiger partial charge in [0, 0.05) is 37.9 Å². The number of carbonyl (C=O) groups is 1. The van der Waals surface area contributed by atoms with E-state index < -0.39 is 0 Å². The van der Waals surface area contributed by atoms with Crippen LogP contribution in [0.15, 0.2) is 28.7 Å². The second-order valence-corrected chi connectivity index (χ2v) is 6.66. The topological polar surface area (TPSA) is 76.2 Å². The zero-order chi connectivity index (χ0) is 18.3. The number of aryl methyl sites for hydroxylation is 2. The molecule has 1 N–H and O–H groups in total. The number of fused-ring (bicyclic) bond motifs is 1. The smallest absolute Gasteiger partial charge is 0.298 e. The van der Waals surface area contributed by atoms with Crippen LogP contribution in [0, 0.1) is 12.7 Å². The summed E-state index contributed by atoms with van der Waals surface area (Å²) >= 11 is 0. The van der Waals surface area contributed by atoms with Crippen LogP contribution < -0.4 is 10.2 Å². The average Bonchev–Trinajstić information content (AvgIpc) is 3.18. The molecule has 1 saturated heterocycles. The second kappa shape index (κ2) is 6.44. The lowest BCUT2D eigenvalue weighted by Gasteiger charge is -2.31. The maximum absolute atomic E-state index is 13.3. The minimum Gasteiger partial charge on any atom is -0.423 e. The quantitative estimate of drug-likeness (QED) is 0.779. The Labute approximate surface area is 149 Å². The van der Waals surface area contributed by atoms with Gasteiger partial charge in [0.15, 0.2) is 5.58 Å². The van der Waals surface area contributed by atoms with Gasteiger partial charge in [-0.25, -0.2) is 4.39 Å². The Balaban J connectivity index is 1.47. The van der Waals surface area contributed by atoms with Gasteiger partial charge in [-0.05, 0) is 38.0 Å². The van der Waals surface area contributed by atoms with Crippen molar-refractivity contribution in [1.29, 1.82) is 0 Å². The van der Waals surface area contributed by atoms with Gasteiger partial charge >= 0.3 is 0 Å². The van der Waals surface area contributed by atoms with Gasteiger partial charge in [-0.2, -0.15) is 10.1 Å². The Morgan fingerprint density at radius 3 is 3.00 bits per heavy atom. The third-order valence-corrected chi connectivity index (χ3v) is 4.71. The number of hydrogen-bond donors (Lipinski definition) is 1. The molecule has 1 fully saturated rings. The number of anilines is 1. The molecule has 3 heterocycles. The highest BCUT2D eigenvalue weighted by Gasteiger charge is 2.25. The molecule has 1 aliphatic rings. The zero-order valence-electron chi connectivity index (χ0n) is 14.7. The van der Waals surface area contributed by atoms with Crippen LogP contribution in [-0.4, -0.2) is 39.8 Å². The Morgan fingerprint density at radius 1 is 1.38 bits per heavy atom. The van der Waals surface area contributed by atoms with E-state index in [2.05, 4.69) is 15.4 Å². The summed E-state index contributed by atoms with van der Waals surface area (Å²) in [6.45, 7) is 3.28. The molecule has 2 aromatic heterocycles. The predicted octanol–water partition coefficient (Wildman–Crippen LogP) is 2.41. The maximum atomic E-state index is 13.3. The van der Waals surface area contributed by atoms with Crippen LogP contribution >= 0.6 is 0 Å². The van der Waals surface area contributed by atoms with E-state index in [9.17, 15) is 9.18 Å². The summed E-state index contributed by atoms with van der Waals surface area (Å²) in [7, 11) is 1.81. The molecule has 4 rings (SSSR count). The molecule has 1 aromatic carbocycles. The van der Waals surface area contributed by atoms with E-state index in [1.807, 2.05) is 18.9 Å². The van der Waals surface area contributed by atoms with Gasteiger partial charge in [0.05, 0.1) is 0 Å². The summed E-state index contributed by atoms with van der Waals surface area (Å²) in [5.74, 6) is -0.533. The number of aromatic nitrogens is 3. The Hall–Kier alpha value is -2.90. The number of hydrogen-bond acceptors (Lipinski definition) is 5. The minimum absolute atomic E-state index is 0.0229. The fraction of sp³-hybridized carbons (Fsp3) is 0.389. The summed E-state index contributed by atoms with van der Waals surface area (Å²) in [5, 5.41) is 7.25. The molecule has 1 amide bonds. The Bertz CT molecular complexity index is 944. The van der Waals surface area contributed by atoms with Gasteiger partial charge in [0.25, 0.3) is 11.9 Å². The first-order valence-corrected chi connectivity index (χ1v) is 8.62. The number of rotatable bonds is 3. The first kappa shape index (κ1) is 16.6. The van der Waals surface area contributed by atoms with E-state index in [1.165, 1.54) is 12.1 Å². The molecule has 136 valence electrons. The first-order valence-electron chi connectivity index (χ1n) is 8.62. The molecule has 0 spiro atoms. The molecule has 3 aromatic rings. The summed E-state index contributed by atoms with van der Waals surface area (Å²) < 4.78 is 20.7. The van der Waals surface area contributed by atoms with E-state index in [-0.39, 0.29) is 17.8 Å². The lowest BCUT2D eigenvalue weighted by atomic mass is 10.1. The Kier molecular flexibility index (Phi) is 4.10. The highest BCUT2D eigenvalue weighted by Crippen LogP contribution is 2.25. The van der Waals surface area contributed by atoms with Crippen LogP contribution in [0.4, 0.5) is 10.4 Å². The molecule has 0 aliphatic carbocycles. The Morgan fingerprint density at radius 2 is 2.23 bits per heavy atom. The summed E-state index contributed by atoms with van der Waals surface area (Å²) in [4.78, 5) is 18.8. The van der Waals surface area contributed by atoms with Crippen LogP contribution in [0.3, 0.4) is 0 Å². The molecule has 8 heteroatoms. The van der Waals surface area contributed by atoms with Gasteiger partial charge < -0.3 is 14.6 Å². The van der Waals surface area contributed by atoms with Crippen LogP contribution in [-0.2, 0) is 7.05 Å². The monoisotopic (exact) mass is 357 g/mol. The number of carbonyl (C=O) groups excluding carboxylic acids is 1. The van der Waals surface area contributed by atoms with E-state index in [1.54, 1.807) is 16.8 Å². The number of piperidine rings is 1. The number of halogens is 1. The molecule has 1 atom stereocenters. The highest BCUT2D eigenvalue weighted by atomic mass is 19.1. The van der Waals surface area contributed by atoms with Gasteiger partial charge in [0.1, 0.15) is 17.0 Å². The van der Waals surface area contributed by atoms with Crippen molar-refractivity contribution in [1.82, 2.24) is 20.1 Å². The molecule has 0 saturated carbocycles. The third-order valence-electron chi connectivity index (χ3n) is 4.71. The zero-order valence-corrected chi connectivity index (χ0v) is 14.7. The number of oxazole rings is 1. The largest absolute Gasteiger partial charge is 0.423 e. The number of nitrogens with zero attached hydrogens (tertiary/aromatic N) is 4. The van der Waals surface area contributed by atoms with Gasteiger partial charge in [0.2, 0.25) is 0 Å². The van der Waals surface area contributed by atoms with E-state index in [0.29, 0.717) is 29.4 Å². The fourth-order valence-corrected chi connectivity index (χ4v) is 3.22. The predicted molar refractivity (Wildman–Crippen MR) is 94.6 cm³/mol. The summed E-state index contributed by atoms with van der Waals surface area (Å²) in [6.07, 6.45) is 1.78. The van der Waals surface area contributed by atoms with Gasteiger partial charge in [-0.1, -0.05) is 0 Å². The second-order valence-electron chi connectivity index (χ2n) is 6.66. The average molecular weight is 357 g/mol. The summed E-state index contributed by atoms with van der Waals surface area (Å²) in [6, 6.07) is 6.50. The van der Waals surface area contributed by atoms with Crippen molar-refractivity contribution < 1.29 is 13.6 Å². The van der Waals surface area contributed by atoms with Crippen LogP contribution in [0.5, 0.6) is 0 Å². The minimum atomic E-state index is -0.352. The number of nitrogens with one attached hydrogen (secondary N) is 1. The number of amides is 1. The van der Waals surface area contributed by atoms with Crippen LogP contribution in [0.2, 0.25) is 0 Å². The molecule has 0 radical (unpaired) electrons. The normalized spacial score (nSPS) is 17.7. The molecule has 1 unspecified atom stereocenters. The van der Waals surface area contributed by atoms with Crippen LogP contribution in [0.25, 0.3) is 11.1 Å². The van der Waals surface area contributed by atoms with Crippen molar-refractivity contribution in [2.24, 2.45) is 7.05 Å². The molecular weight excluding hydrogens is 337 g/mol. The molecule has 26 heavy (non-hydrogen) atoms. The SMILES string of the molecule is Cc1cc(C(=O)NC2CCCN(c3nc4ccc(F)cc4o3)C2)nn1C. The molecular formula is C18H20FN5O2. The van der Waals surface area contributed by atoms with E-state index in [0.717, 1.165) is 25.1 Å². The van der Waals surface area contributed by atoms with E-state index >= 15 is 0 Å². The van der Waals surface area contributed by atoms with Crippen molar-refractivity contribution in [3.8, 4) is 0 Å². The molecule has 7 nitrogen and oxygen atoms in total. The van der Waals surface area contributed by atoms with E-state index in [4.69, 9.17) is 4.42 Å². The van der Waals surface area contributed by atoms with Crippen molar-refractivity contribution in [3.63, 3.8) is 0 Å². The van der Waals surface area contributed by atoms with Gasteiger partial charge in [-0.15, -0.1) is 0 Å². The van der Waals surface area contributed by atoms with Crippen molar-refractivity contribution in [3.05, 3.63) is 41.5 Å². The lowest BCUT2D eigenvalue weighted by molar-refractivity contribution is 0.0927.